The molecule has 0 radical (unpaired) electrons. The average molecular weight is 200 g/mol. The van der Waals surface area contributed by atoms with Crippen LogP contribution in [0.3, 0.4) is 0 Å². The number of methoxy groups -OCH3 is 1. The van der Waals surface area contributed by atoms with Gasteiger partial charge in [-0.15, -0.1) is 12.6 Å². The van der Waals surface area contributed by atoms with Crippen LogP contribution in [0.4, 0.5) is 0 Å². The van der Waals surface area contributed by atoms with Crippen LogP contribution in [0.25, 0.3) is 0 Å². The van der Waals surface area contributed by atoms with Crippen molar-refractivity contribution in [2.24, 2.45) is 0 Å². The zero-order valence-corrected chi connectivity index (χ0v) is 8.47. The molecule has 1 aromatic rings. The summed E-state index contributed by atoms with van der Waals surface area (Å²) in [6.45, 7) is 2.38. The van der Waals surface area contributed by atoms with Crippen LogP contribution < -0.4 is 9.47 Å². The predicted octanol–water partition coefficient (Wildman–Crippen LogP) is 2.09. The summed E-state index contributed by atoms with van der Waals surface area (Å²) < 4.78 is 10.2. The van der Waals surface area contributed by atoms with E-state index in [0.29, 0.717) is 23.0 Å². The molecule has 0 heterocycles. The maximum Gasteiger partial charge on any atom is 0.203 e. The van der Waals surface area contributed by atoms with Crippen molar-refractivity contribution in [2.45, 2.75) is 11.8 Å². The fraction of sp³-hybridized carbons (Fsp3) is 0.333. The van der Waals surface area contributed by atoms with Crippen LogP contribution in [0.15, 0.2) is 17.0 Å². The topological polar surface area (TPSA) is 38.7 Å². The fourth-order valence-electron chi connectivity index (χ4n) is 1.04. The third kappa shape index (κ3) is 2.21. The molecule has 1 aromatic carbocycles. The number of aromatic hydroxyl groups is 1. The predicted molar refractivity (Wildman–Crippen MR) is 53.1 cm³/mol. The molecule has 0 bridgehead atoms. The van der Waals surface area contributed by atoms with Crippen LogP contribution in [-0.4, -0.2) is 18.8 Å². The second-order valence-corrected chi connectivity index (χ2v) is 2.95. The fourth-order valence-corrected chi connectivity index (χ4v) is 1.28. The van der Waals surface area contributed by atoms with Crippen molar-refractivity contribution in [3.8, 4) is 17.2 Å². The Bertz CT molecular complexity index is 299. The Labute approximate surface area is 82.7 Å². The zero-order valence-electron chi connectivity index (χ0n) is 7.57. The molecule has 0 aliphatic heterocycles. The molecule has 0 aromatic heterocycles. The summed E-state index contributed by atoms with van der Waals surface area (Å²) in [7, 11) is 1.48. The number of benzene rings is 1. The van der Waals surface area contributed by atoms with Crippen molar-refractivity contribution in [2.75, 3.05) is 13.7 Å². The molecule has 4 heteroatoms. The van der Waals surface area contributed by atoms with Crippen molar-refractivity contribution in [3.63, 3.8) is 0 Å². The van der Waals surface area contributed by atoms with Crippen LogP contribution in [0.5, 0.6) is 17.2 Å². The number of phenols is 1. The van der Waals surface area contributed by atoms with Gasteiger partial charge in [-0.05, 0) is 19.1 Å². The third-order valence-electron chi connectivity index (χ3n) is 1.52. The van der Waals surface area contributed by atoms with Crippen LogP contribution in [-0.2, 0) is 0 Å². The number of rotatable bonds is 3. The van der Waals surface area contributed by atoms with E-state index in [-0.39, 0.29) is 5.75 Å². The monoisotopic (exact) mass is 200 g/mol. The van der Waals surface area contributed by atoms with Gasteiger partial charge < -0.3 is 14.6 Å². The molecular weight excluding hydrogens is 188 g/mol. The highest BCUT2D eigenvalue weighted by Crippen LogP contribution is 2.38. The highest BCUT2D eigenvalue weighted by atomic mass is 32.1. The van der Waals surface area contributed by atoms with Gasteiger partial charge in [0.25, 0.3) is 0 Å². The number of thiol groups is 1. The Morgan fingerprint density at radius 3 is 2.69 bits per heavy atom. The molecule has 0 spiro atoms. The Hall–Kier alpha value is -1.03. The van der Waals surface area contributed by atoms with Gasteiger partial charge in [0.15, 0.2) is 11.5 Å². The summed E-state index contributed by atoms with van der Waals surface area (Å²) >= 11 is 4.11. The first-order valence-corrected chi connectivity index (χ1v) is 4.36. The maximum atomic E-state index is 9.44. The molecular formula is C9H12O3S. The first kappa shape index (κ1) is 10.1. The van der Waals surface area contributed by atoms with Crippen molar-refractivity contribution in [3.05, 3.63) is 12.1 Å². The van der Waals surface area contributed by atoms with Crippen LogP contribution in [0.2, 0.25) is 0 Å². The second-order valence-electron chi connectivity index (χ2n) is 2.43. The molecule has 72 valence electrons. The molecule has 0 saturated carbocycles. The summed E-state index contributed by atoms with van der Waals surface area (Å²) in [4.78, 5) is 0.641. The van der Waals surface area contributed by atoms with Gasteiger partial charge in [-0.3, -0.25) is 0 Å². The second kappa shape index (κ2) is 4.28. The molecule has 0 aliphatic rings. The smallest absolute Gasteiger partial charge is 0.203 e. The normalized spacial score (nSPS) is 9.77. The maximum absolute atomic E-state index is 9.44. The minimum absolute atomic E-state index is 0.0402. The van der Waals surface area contributed by atoms with Gasteiger partial charge in [0, 0.05) is 4.90 Å². The van der Waals surface area contributed by atoms with Crippen molar-refractivity contribution >= 4 is 12.6 Å². The lowest BCUT2D eigenvalue weighted by atomic mass is 10.3. The molecule has 1 N–H and O–H groups in total. The van der Waals surface area contributed by atoms with E-state index >= 15 is 0 Å². The minimum Gasteiger partial charge on any atom is -0.504 e. The van der Waals surface area contributed by atoms with E-state index in [9.17, 15) is 5.11 Å². The largest absolute Gasteiger partial charge is 0.504 e. The highest BCUT2D eigenvalue weighted by Gasteiger charge is 2.10. The average Bonchev–Trinajstić information content (AvgIpc) is 2.04. The lowest BCUT2D eigenvalue weighted by Gasteiger charge is -2.10. The van der Waals surface area contributed by atoms with Gasteiger partial charge in [0.2, 0.25) is 5.75 Å². The lowest BCUT2D eigenvalue weighted by molar-refractivity contribution is 0.299. The first-order chi connectivity index (χ1) is 6.19. The van der Waals surface area contributed by atoms with Gasteiger partial charge in [0.05, 0.1) is 13.7 Å². The SMILES string of the molecule is CCOc1cc(S)cc(O)c1OC. The number of hydrogen-bond donors (Lipinski definition) is 2. The number of phenolic OH excluding ortho intramolecular Hbond substituents is 1. The van der Waals surface area contributed by atoms with Gasteiger partial charge in [-0.25, -0.2) is 0 Å². The number of hydrogen-bond acceptors (Lipinski definition) is 4. The number of ether oxygens (including phenoxy) is 2. The molecule has 0 aliphatic carbocycles. The van der Waals surface area contributed by atoms with Crippen LogP contribution >= 0.6 is 12.6 Å². The third-order valence-corrected chi connectivity index (χ3v) is 1.78. The molecule has 0 unspecified atom stereocenters. The van der Waals surface area contributed by atoms with Crippen LogP contribution in [0, 0.1) is 0 Å². The first-order valence-electron chi connectivity index (χ1n) is 3.91. The Balaban J connectivity index is 3.13. The summed E-state index contributed by atoms with van der Waals surface area (Å²) in [6, 6.07) is 3.20. The van der Waals surface area contributed by atoms with E-state index in [4.69, 9.17) is 9.47 Å². The van der Waals surface area contributed by atoms with E-state index in [0.717, 1.165) is 0 Å². The van der Waals surface area contributed by atoms with Gasteiger partial charge >= 0.3 is 0 Å². The summed E-state index contributed by atoms with van der Waals surface area (Å²) in [5, 5.41) is 9.44. The highest BCUT2D eigenvalue weighted by molar-refractivity contribution is 7.80. The minimum atomic E-state index is 0.0402. The van der Waals surface area contributed by atoms with Crippen molar-refractivity contribution < 1.29 is 14.6 Å². The summed E-state index contributed by atoms with van der Waals surface area (Å²) in [6.07, 6.45) is 0. The van der Waals surface area contributed by atoms with E-state index in [1.54, 1.807) is 6.07 Å². The molecule has 0 amide bonds. The van der Waals surface area contributed by atoms with Crippen molar-refractivity contribution in [1.82, 2.24) is 0 Å². The van der Waals surface area contributed by atoms with Gasteiger partial charge in [-0.1, -0.05) is 0 Å². The Morgan fingerprint density at radius 2 is 2.15 bits per heavy atom. The Kier molecular flexibility index (Phi) is 3.31. The molecule has 3 nitrogen and oxygen atoms in total. The summed E-state index contributed by atoms with van der Waals surface area (Å²) in [5.74, 6) is 0.896. The van der Waals surface area contributed by atoms with Crippen LogP contribution in [0.1, 0.15) is 6.92 Å². The molecule has 0 fully saturated rings. The van der Waals surface area contributed by atoms with E-state index in [1.807, 2.05) is 6.92 Å². The molecule has 0 saturated heterocycles. The van der Waals surface area contributed by atoms with Crippen molar-refractivity contribution in [1.29, 1.82) is 0 Å². The zero-order chi connectivity index (χ0) is 9.84. The summed E-state index contributed by atoms with van der Waals surface area (Å²) in [5.41, 5.74) is 0. The quantitative estimate of drug-likeness (QED) is 0.734. The standard InChI is InChI=1S/C9H12O3S/c1-3-12-8-5-6(13)4-7(10)9(8)11-2/h4-5,10,13H,3H2,1-2H3. The van der Waals surface area contributed by atoms with E-state index < -0.39 is 0 Å². The molecule has 1 rings (SSSR count). The Morgan fingerprint density at radius 1 is 1.46 bits per heavy atom. The molecule has 13 heavy (non-hydrogen) atoms. The van der Waals surface area contributed by atoms with E-state index in [2.05, 4.69) is 12.6 Å². The lowest BCUT2D eigenvalue weighted by Crippen LogP contribution is -1.95. The van der Waals surface area contributed by atoms with Gasteiger partial charge in [0.1, 0.15) is 0 Å². The molecule has 0 atom stereocenters. The van der Waals surface area contributed by atoms with Gasteiger partial charge in [-0.2, -0.15) is 0 Å². The van der Waals surface area contributed by atoms with E-state index in [1.165, 1.54) is 13.2 Å².